The number of ether oxygens (including phenoxy) is 1. The topological polar surface area (TPSA) is 78.3 Å². The van der Waals surface area contributed by atoms with Gasteiger partial charge < -0.3 is 16.2 Å². The normalized spacial score (nSPS) is 28.5. The average molecular weight is 186 g/mol. The quantitative estimate of drug-likeness (QED) is 0.615. The van der Waals surface area contributed by atoms with Crippen LogP contribution in [0.2, 0.25) is 0 Å². The summed E-state index contributed by atoms with van der Waals surface area (Å²) >= 11 is 0. The Balaban J connectivity index is 2.18. The molecule has 4 N–H and O–H groups in total. The van der Waals surface area contributed by atoms with E-state index in [2.05, 4.69) is 0 Å². The first-order valence-electron chi connectivity index (χ1n) is 4.87. The SMILES string of the molecule is NCCC(=O)OC1CCC(N)CC1. The van der Waals surface area contributed by atoms with Crippen LogP contribution in [0.4, 0.5) is 0 Å². The van der Waals surface area contributed by atoms with Crippen LogP contribution in [0.5, 0.6) is 0 Å². The molecule has 0 radical (unpaired) electrons. The van der Waals surface area contributed by atoms with E-state index in [0.29, 0.717) is 19.0 Å². The van der Waals surface area contributed by atoms with Crippen molar-refractivity contribution in [3.63, 3.8) is 0 Å². The highest BCUT2D eigenvalue weighted by molar-refractivity contribution is 5.69. The molecule has 1 rings (SSSR count). The molecule has 0 atom stereocenters. The van der Waals surface area contributed by atoms with Gasteiger partial charge in [0.25, 0.3) is 0 Å². The average Bonchev–Trinajstić information content (AvgIpc) is 2.09. The van der Waals surface area contributed by atoms with E-state index in [-0.39, 0.29) is 12.1 Å². The Bertz CT molecular complexity index is 165. The van der Waals surface area contributed by atoms with Crippen molar-refractivity contribution in [2.45, 2.75) is 44.2 Å². The monoisotopic (exact) mass is 186 g/mol. The van der Waals surface area contributed by atoms with Gasteiger partial charge in [-0.3, -0.25) is 4.79 Å². The van der Waals surface area contributed by atoms with Gasteiger partial charge in [-0.25, -0.2) is 0 Å². The lowest BCUT2D eigenvalue weighted by Gasteiger charge is -2.25. The molecule has 0 spiro atoms. The fourth-order valence-corrected chi connectivity index (χ4v) is 1.57. The third-order valence-electron chi connectivity index (χ3n) is 2.37. The van der Waals surface area contributed by atoms with Gasteiger partial charge in [0.2, 0.25) is 0 Å². The third kappa shape index (κ3) is 3.74. The van der Waals surface area contributed by atoms with Crippen LogP contribution in [0.3, 0.4) is 0 Å². The van der Waals surface area contributed by atoms with E-state index in [1.807, 2.05) is 0 Å². The van der Waals surface area contributed by atoms with Crippen LogP contribution < -0.4 is 11.5 Å². The van der Waals surface area contributed by atoms with Crippen molar-refractivity contribution in [1.29, 1.82) is 0 Å². The van der Waals surface area contributed by atoms with E-state index in [4.69, 9.17) is 16.2 Å². The molecule has 1 aliphatic carbocycles. The second-order valence-electron chi connectivity index (χ2n) is 3.57. The summed E-state index contributed by atoms with van der Waals surface area (Å²) in [6, 6.07) is 0.296. The van der Waals surface area contributed by atoms with Gasteiger partial charge in [0, 0.05) is 12.6 Å². The number of carbonyl (C=O) groups excluding carboxylic acids is 1. The van der Waals surface area contributed by atoms with E-state index in [0.717, 1.165) is 25.7 Å². The minimum Gasteiger partial charge on any atom is -0.462 e. The third-order valence-corrected chi connectivity index (χ3v) is 2.37. The van der Waals surface area contributed by atoms with Crippen molar-refractivity contribution in [2.75, 3.05) is 6.54 Å². The molecule has 4 heteroatoms. The number of nitrogens with two attached hydrogens (primary N) is 2. The van der Waals surface area contributed by atoms with Crippen LogP contribution >= 0.6 is 0 Å². The molecule has 0 aliphatic heterocycles. The van der Waals surface area contributed by atoms with Crippen molar-refractivity contribution in [2.24, 2.45) is 11.5 Å². The van der Waals surface area contributed by atoms with Gasteiger partial charge in [-0.05, 0) is 25.7 Å². The highest BCUT2D eigenvalue weighted by atomic mass is 16.5. The lowest BCUT2D eigenvalue weighted by atomic mass is 9.94. The van der Waals surface area contributed by atoms with Crippen LogP contribution in [0.15, 0.2) is 0 Å². The Hall–Kier alpha value is -0.610. The minimum absolute atomic E-state index is 0.0823. The zero-order valence-corrected chi connectivity index (χ0v) is 7.87. The molecule has 0 bridgehead atoms. The molecule has 76 valence electrons. The van der Waals surface area contributed by atoms with Crippen LogP contribution in [0, 0.1) is 0 Å². The smallest absolute Gasteiger partial charge is 0.307 e. The molecule has 1 fully saturated rings. The van der Waals surface area contributed by atoms with Gasteiger partial charge in [-0.2, -0.15) is 0 Å². The fourth-order valence-electron chi connectivity index (χ4n) is 1.57. The summed E-state index contributed by atoms with van der Waals surface area (Å²) < 4.78 is 5.21. The summed E-state index contributed by atoms with van der Waals surface area (Å²) in [6.07, 6.45) is 4.12. The van der Waals surface area contributed by atoms with Crippen LogP contribution in [-0.4, -0.2) is 24.7 Å². The molecule has 4 nitrogen and oxygen atoms in total. The summed E-state index contributed by atoms with van der Waals surface area (Å²) in [5.41, 5.74) is 11.0. The van der Waals surface area contributed by atoms with Crippen LogP contribution in [0.25, 0.3) is 0 Å². The van der Waals surface area contributed by atoms with Crippen LogP contribution in [0.1, 0.15) is 32.1 Å². The van der Waals surface area contributed by atoms with Crippen molar-refractivity contribution in [1.82, 2.24) is 0 Å². The molecule has 0 aromatic heterocycles. The summed E-state index contributed by atoms with van der Waals surface area (Å²) in [5, 5.41) is 0. The summed E-state index contributed by atoms with van der Waals surface area (Å²) in [7, 11) is 0. The molecule has 0 aromatic rings. The predicted octanol–water partition coefficient (Wildman–Crippen LogP) is 0.148. The predicted molar refractivity (Wildman–Crippen MR) is 50.0 cm³/mol. The van der Waals surface area contributed by atoms with Crippen molar-refractivity contribution in [3.05, 3.63) is 0 Å². The molecule has 1 saturated carbocycles. The first-order chi connectivity index (χ1) is 6.22. The lowest BCUT2D eigenvalue weighted by molar-refractivity contribution is -0.150. The largest absolute Gasteiger partial charge is 0.462 e. The Kier molecular flexibility index (Phi) is 4.18. The van der Waals surface area contributed by atoms with E-state index < -0.39 is 0 Å². The second-order valence-corrected chi connectivity index (χ2v) is 3.57. The Morgan fingerprint density at radius 2 is 1.92 bits per heavy atom. The summed E-state index contributed by atoms with van der Waals surface area (Å²) in [5.74, 6) is -0.178. The fraction of sp³-hybridized carbons (Fsp3) is 0.889. The Morgan fingerprint density at radius 1 is 1.31 bits per heavy atom. The standard InChI is InChI=1S/C9H18N2O2/c10-6-5-9(12)13-8-3-1-7(11)2-4-8/h7-8H,1-6,10-11H2. The maximum Gasteiger partial charge on any atom is 0.307 e. The van der Waals surface area contributed by atoms with Gasteiger partial charge in [-0.15, -0.1) is 0 Å². The van der Waals surface area contributed by atoms with Crippen molar-refractivity contribution < 1.29 is 9.53 Å². The molecule has 1 aliphatic rings. The van der Waals surface area contributed by atoms with E-state index in [9.17, 15) is 4.79 Å². The number of carbonyl (C=O) groups is 1. The van der Waals surface area contributed by atoms with Crippen molar-refractivity contribution >= 4 is 5.97 Å². The van der Waals surface area contributed by atoms with E-state index in [1.165, 1.54) is 0 Å². The molecule has 0 saturated heterocycles. The molecular formula is C9H18N2O2. The van der Waals surface area contributed by atoms with Crippen LogP contribution in [-0.2, 0) is 9.53 Å². The highest BCUT2D eigenvalue weighted by Gasteiger charge is 2.21. The number of esters is 1. The molecule has 0 aromatic carbocycles. The summed E-state index contributed by atoms with van der Waals surface area (Å²) in [6.45, 7) is 0.366. The number of hydrogen-bond donors (Lipinski definition) is 2. The Labute approximate surface area is 78.6 Å². The Morgan fingerprint density at radius 3 is 2.46 bits per heavy atom. The van der Waals surface area contributed by atoms with Gasteiger partial charge >= 0.3 is 5.97 Å². The highest BCUT2D eigenvalue weighted by Crippen LogP contribution is 2.19. The molecular weight excluding hydrogens is 168 g/mol. The maximum atomic E-state index is 11.1. The zero-order chi connectivity index (χ0) is 9.68. The first-order valence-corrected chi connectivity index (χ1v) is 4.87. The lowest BCUT2D eigenvalue weighted by Crippen LogP contribution is -2.31. The zero-order valence-electron chi connectivity index (χ0n) is 7.87. The van der Waals surface area contributed by atoms with Gasteiger partial charge in [0.1, 0.15) is 6.10 Å². The van der Waals surface area contributed by atoms with E-state index in [1.54, 1.807) is 0 Å². The molecule has 0 amide bonds. The maximum absolute atomic E-state index is 11.1. The second kappa shape index (κ2) is 5.19. The summed E-state index contributed by atoms with van der Waals surface area (Å²) in [4.78, 5) is 11.1. The molecule has 0 heterocycles. The molecule has 0 unspecified atom stereocenters. The number of rotatable bonds is 3. The van der Waals surface area contributed by atoms with Gasteiger partial charge in [0.15, 0.2) is 0 Å². The minimum atomic E-state index is -0.178. The number of hydrogen-bond acceptors (Lipinski definition) is 4. The van der Waals surface area contributed by atoms with E-state index >= 15 is 0 Å². The van der Waals surface area contributed by atoms with Crippen molar-refractivity contribution in [3.8, 4) is 0 Å². The molecule has 13 heavy (non-hydrogen) atoms. The van der Waals surface area contributed by atoms with Gasteiger partial charge in [0.05, 0.1) is 6.42 Å². The van der Waals surface area contributed by atoms with Gasteiger partial charge in [-0.1, -0.05) is 0 Å². The first kappa shape index (κ1) is 10.5.